The van der Waals surface area contributed by atoms with E-state index in [0.29, 0.717) is 33.4 Å². The number of hydrogen-bond acceptors (Lipinski definition) is 4. The normalized spacial score (nSPS) is 12.0. The van der Waals surface area contributed by atoms with Gasteiger partial charge in [0.1, 0.15) is 12.6 Å². The first-order valence-electron chi connectivity index (χ1n) is 12.2. The Morgan fingerprint density at radius 3 is 2.21 bits per heavy atom. The number of para-hydroxylation sites is 1. The number of carbonyl (C=O) groups is 2. The molecule has 0 spiro atoms. The van der Waals surface area contributed by atoms with Crippen LogP contribution in [0.3, 0.4) is 0 Å². The number of anilines is 1. The van der Waals surface area contributed by atoms with Gasteiger partial charge in [-0.2, -0.15) is 0 Å². The summed E-state index contributed by atoms with van der Waals surface area (Å²) in [5.74, 6) is -0.889. The van der Waals surface area contributed by atoms with Gasteiger partial charge in [-0.05, 0) is 67.8 Å². The number of amides is 2. The first kappa shape index (κ1) is 29.5. The second-order valence-corrected chi connectivity index (χ2v) is 11.5. The highest BCUT2D eigenvalue weighted by atomic mass is 35.5. The SMILES string of the molecule is CCCNC(=O)[C@@H](C)N(Cc1ccccc1Cl)C(=O)CN(c1ccccc1C)S(=O)(=O)c1ccc(Cl)cc1. The van der Waals surface area contributed by atoms with Gasteiger partial charge in [0.2, 0.25) is 11.8 Å². The summed E-state index contributed by atoms with van der Waals surface area (Å²) in [5, 5.41) is 3.64. The predicted octanol–water partition coefficient (Wildman–Crippen LogP) is 5.44. The molecule has 0 saturated carbocycles. The summed E-state index contributed by atoms with van der Waals surface area (Å²) in [6, 6.07) is 18.8. The van der Waals surface area contributed by atoms with Gasteiger partial charge in [-0.15, -0.1) is 0 Å². The van der Waals surface area contributed by atoms with Gasteiger partial charge in [0.05, 0.1) is 10.6 Å². The summed E-state index contributed by atoms with van der Waals surface area (Å²) in [6.07, 6.45) is 0.733. The Morgan fingerprint density at radius 2 is 1.58 bits per heavy atom. The fourth-order valence-corrected chi connectivity index (χ4v) is 5.68. The molecule has 1 atom stereocenters. The molecular formula is C28H31Cl2N3O4S. The number of sulfonamides is 1. The van der Waals surface area contributed by atoms with E-state index in [1.165, 1.54) is 29.2 Å². The summed E-state index contributed by atoms with van der Waals surface area (Å²) in [5.41, 5.74) is 1.67. The summed E-state index contributed by atoms with van der Waals surface area (Å²) in [6.45, 7) is 5.28. The number of rotatable bonds is 11. The van der Waals surface area contributed by atoms with Gasteiger partial charge >= 0.3 is 0 Å². The number of hydrogen-bond donors (Lipinski definition) is 1. The van der Waals surface area contributed by atoms with Crippen molar-refractivity contribution in [2.75, 3.05) is 17.4 Å². The molecule has 0 aliphatic heterocycles. The molecule has 202 valence electrons. The average Bonchev–Trinajstić information content (AvgIpc) is 2.90. The number of benzene rings is 3. The Hall–Kier alpha value is -3.07. The lowest BCUT2D eigenvalue weighted by Gasteiger charge is -2.32. The lowest BCUT2D eigenvalue weighted by atomic mass is 10.1. The van der Waals surface area contributed by atoms with Gasteiger partial charge in [0.15, 0.2) is 0 Å². The topological polar surface area (TPSA) is 86.8 Å². The molecule has 10 heteroatoms. The number of aryl methyl sites for hydroxylation is 1. The molecule has 3 rings (SSSR count). The van der Waals surface area contributed by atoms with Crippen molar-refractivity contribution in [3.05, 3.63) is 94.0 Å². The lowest BCUT2D eigenvalue weighted by molar-refractivity contribution is -0.139. The van der Waals surface area contributed by atoms with E-state index in [2.05, 4.69) is 5.32 Å². The number of nitrogens with zero attached hydrogens (tertiary/aromatic N) is 2. The smallest absolute Gasteiger partial charge is 0.264 e. The Bertz CT molecular complexity index is 1380. The van der Waals surface area contributed by atoms with Crippen LogP contribution in [0.25, 0.3) is 0 Å². The van der Waals surface area contributed by atoms with Crippen molar-refractivity contribution in [3.8, 4) is 0 Å². The van der Waals surface area contributed by atoms with Crippen LogP contribution < -0.4 is 9.62 Å². The molecule has 0 radical (unpaired) electrons. The minimum Gasteiger partial charge on any atom is -0.354 e. The fraction of sp³-hybridized carbons (Fsp3) is 0.286. The van der Waals surface area contributed by atoms with Crippen molar-refractivity contribution >= 4 is 50.7 Å². The molecular weight excluding hydrogens is 545 g/mol. The van der Waals surface area contributed by atoms with Crippen molar-refractivity contribution in [3.63, 3.8) is 0 Å². The second-order valence-electron chi connectivity index (χ2n) is 8.83. The van der Waals surface area contributed by atoms with Crippen molar-refractivity contribution in [2.24, 2.45) is 0 Å². The minimum atomic E-state index is -4.16. The highest BCUT2D eigenvalue weighted by Gasteiger charge is 2.33. The molecule has 0 aromatic heterocycles. The summed E-state index contributed by atoms with van der Waals surface area (Å²) in [7, 11) is -4.16. The zero-order chi connectivity index (χ0) is 27.9. The molecule has 3 aromatic carbocycles. The zero-order valence-electron chi connectivity index (χ0n) is 21.5. The van der Waals surface area contributed by atoms with Crippen LogP contribution >= 0.6 is 23.2 Å². The van der Waals surface area contributed by atoms with E-state index in [1.807, 2.05) is 6.92 Å². The van der Waals surface area contributed by atoms with Crippen LogP contribution in [0.4, 0.5) is 5.69 Å². The third kappa shape index (κ3) is 7.07. The molecule has 0 aliphatic rings. The van der Waals surface area contributed by atoms with Gasteiger partial charge < -0.3 is 10.2 Å². The molecule has 2 amide bonds. The Morgan fingerprint density at radius 1 is 0.947 bits per heavy atom. The molecule has 0 saturated heterocycles. The van der Waals surface area contributed by atoms with Crippen molar-refractivity contribution in [1.29, 1.82) is 0 Å². The van der Waals surface area contributed by atoms with Gasteiger partial charge in [-0.25, -0.2) is 8.42 Å². The summed E-state index contributed by atoms with van der Waals surface area (Å²) < 4.78 is 28.7. The van der Waals surface area contributed by atoms with E-state index in [9.17, 15) is 18.0 Å². The standard InChI is InChI=1S/C28H31Cl2N3O4S/c1-4-17-31-28(35)21(3)32(18-22-10-6-7-11-25(22)30)27(34)19-33(26-12-8-5-9-20(26)2)38(36,37)24-15-13-23(29)14-16-24/h5-16,21H,4,17-19H2,1-3H3,(H,31,35)/t21-/m1/s1. The quantitative estimate of drug-likeness (QED) is 0.330. The maximum absolute atomic E-state index is 13.9. The minimum absolute atomic E-state index is 0.00987. The Balaban J connectivity index is 2.04. The van der Waals surface area contributed by atoms with E-state index >= 15 is 0 Å². The van der Waals surface area contributed by atoms with E-state index in [-0.39, 0.29) is 17.3 Å². The second kappa shape index (κ2) is 13.1. The zero-order valence-corrected chi connectivity index (χ0v) is 23.9. The van der Waals surface area contributed by atoms with Crippen LogP contribution in [-0.2, 0) is 26.2 Å². The molecule has 0 bridgehead atoms. The monoisotopic (exact) mass is 575 g/mol. The Labute approximate surface area is 234 Å². The molecule has 7 nitrogen and oxygen atoms in total. The molecule has 0 heterocycles. The maximum Gasteiger partial charge on any atom is 0.264 e. The maximum atomic E-state index is 13.9. The number of carbonyl (C=O) groups excluding carboxylic acids is 2. The van der Waals surface area contributed by atoms with Gasteiger partial charge in [0.25, 0.3) is 10.0 Å². The number of nitrogens with one attached hydrogen (secondary N) is 1. The van der Waals surface area contributed by atoms with Crippen molar-refractivity contribution in [1.82, 2.24) is 10.2 Å². The predicted molar refractivity (Wildman–Crippen MR) is 152 cm³/mol. The van der Waals surface area contributed by atoms with E-state index in [0.717, 1.165) is 10.7 Å². The first-order chi connectivity index (χ1) is 18.1. The van der Waals surface area contributed by atoms with Gasteiger partial charge in [-0.1, -0.05) is 66.5 Å². The molecule has 1 N–H and O–H groups in total. The highest BCUT2D eigenvalue weighted by molar-refractivity contribution is 7.92. The largest absolute Gasteiger partial charge is 0.354 e. The molecule has 3 aromatic rings. The molecule has 0 aliphatic carbocycles. The molecule has 0 unspecified atom stereocenters. The van der Waals surface area contributed by atoms with E-state index in [4.69, 9.17) is 23.2 Å². The highest BCUT2D eigenvalue weighted by Crippen LogP contribution is 2.28. The van der Waals surface area contributed by atoms with Gasteiger partial charge in [-0.3, -0.25) is 13.9 Å². The fourth-order valence-electron chi connectivity index (χ4n) is 3.88. The Kier molecular flexibility index (Phi) is 10.2. The van der Waals surface area contributed by atoms with Crippen LogP contribution in [0.1, 0.15) is 31.4 Å². The van der Waals surface area contributed by atoms with Crippen molar-refractivity contribution in [2.45, 2.75) is 44.7 Å². The molecule has 0 fully saturated rings. The summed E-state index contributed by atoms with van der Waals surface area (Å²) in [4.78, 5) is 28.1. The third-order valence-corrected chi connectivity index (χ3v) is 8.47. The van der Waals surface area contributed by atoms with E-state index in [1.54, 1.807) is 62.4 Å². The van der Waals surface area contributed by atoms with Crippen LogP contribution in [0.2, 0.25) is 10.0 Å². The number of halogens is 2. The first-order valence-corrected chi connectivity index (χ1v) is 14.4. The van der Waals surface area contributed by atoms with E-state index < -0.39 is 28.5 Å². The average molecular weight is 577 g/mol. The third-order valence-electron chi connectivity index (χ3n) is 6.08. The summed E-state index contributed by atoms with van der Waals surface area (Å²) >= 11 is 12.4. The van der Waals surface area contributed by atoms with Crippen LogP contribution in [0.15, 0.2) is 77.7 Å². The van der Waals surface area contributed by atoms with Gasteiger partial charge in [0, 0.05) is 23.1 Å². The van der Waals surface area contributed by atoms with Crippen molar-refractivity contribution < 1.29 is 18.0 Å². The lowest BCUT2D eigenvalue weighted by Crippen LogP contribution is -2.51. The van der Waals surface area contributed by atoms with Crippen LogP contribution in [0, 0.1) is 6.92 Å². The van der Waals surface area contributed by atoms with Crippen LogP contribution in [-0.4, -0.2) is 44.3 Å². The molecule has 38 heavy (non-hydrogen) atoms. The van der Waals surface area contributed by atoms with Crippen LogP contribution in [0.5, 0.6) is 0 Å².